The van der Waals surface area contributed by atoms with Gasteiger partial charge in [-0.1, -0.05) is 12.1 Å². The van der Waals surface area contributed by atoms with Gasteiger partial charge in [-0.15, -0.1) is 0 Å². The first-order valence-corrected chi connectivity index (χ1v) is 10.9. The lowest BCUT2D eigenvalue weighted by atomic mass is 10.1. The molecule has 2 aromatic carbocycles. The number of benzene rings is 2. The van der Waals surface area contributed by atoms with Crippen LogP contribution in [0.3, 0.4) is 0 Å². The third-order valence-corrected chi connectivity index (χ3v) is 5.85. The number of anilines is 2. The number of methoxy groups -OCH3 is 1. The molecule has 182 valence electrons. The van der Waals surface area contributed by atoms with E-state index in [0.717, 1.165) is 4.68 Å². The smallest absolute Gasteiger partial charge is 0.295 e. The Balaban J connectivity index is 1.97. The van der Waals surface area contributed by atoms with E-state index in [0.29, 0.717) is 49.0 Å². The van der Waals surface area contributed by atoms with Crippen LogP contribution in [0.1, 0.15) is 6.92 Å². The lowest BCUT2D eigenvalue weighted by Gasteiger charge is -2.29. The monoisotopic (exact) mass is 479 g/mol. The fourth-order valence-electron chi connectivity index (χ4n) is 3.83. The number of carbonyl (C=O) groups excluding carboxylic acids is 1. The van der Waals surface area contributed by atoms with E-state index >= 15 is 0 Å². The summed E-state index contributed by atoms with van der Waals surface area (Å²) < 4.78 is 11.7. The van der Waals surface area contributed by atoms with Gasteiger partial charge in [-0.3, -0.25) is 19.7 Å². The Bertz CT molecular complexity index is 1330. The maximum atomic E-state index is 13.5. The van der Waals surface area contributed by atoms with Crippen molar-refractivity contribution in [3.8, 4) is 22.7 Å². The van der Waals surface area contributed by atoms with Gasteiger partial charge in [0.05, 0.1) is 30.9 Å². The molecule has 3 aromatic rings. The first-order valence-electron chi connectivity index (χ1n) is 10.9. The Labute approximate surface area is 201 Å². The van der Waals surface area contributed by atoms with Crippen molar-refractivity contribution < 1.29 is 19.2 Å². The second kappa shape index (κ2) is 9.94. The molecule has 0 bridgehead atoms. The fraction of sp³-hybridized carbons (Fsp3) is 0.292. The molecule has 2 heterocycles. The number of ether oxygens (including phenoxy) is 2. The molecule has 0 spiro atoms. The molecular formula is C24H25N5O6. The van der Waals surface area contributed by atoms with Gasteiger partial charge >= 0.3 is 0 Å². The number of nitro benzene ring substituents is 1. The van der Waals surface area contributed by atoms with Crippen LogP contribution >= 0.6 is 0 Å². The molecule has 1 aliphatic heterocycles. The van der Waals surface area contributed by atoms with Gasteiger partial charge in [0.1, 0.15) is 17.1 Å². The van der Waals surface area contributed by atoms with Gasteiger partial charge in [0, 0.05) is 44.4 Å². The number of hydrogen-bond donors (Lipinski definition) is 0. The largest absolute Gasteiger partial charge is 0.497 e. The van der Waals surface area contributed by atoms with Crippen LogP contribution < -0.4 is 20.1 Å². The topological polar surface area (TPSA) is 120 Å². The van der Waals surface area contributed by atoms with E-state index in [9.17, 15) is 19.7 Å². The summed E-state index contributed by atoms with van der Waals surface area (Å²) in [7, 11) is 3.00. The van der Waals surface area contributed by atoms with Gasteiger partial charge in [0.15, 0.2) is 0 Å². The molecule has 0 saturated carbocycles. The molecule has 11 heteroatoms. The minimum atomic E-state index is -0.656. The normalized spacial score (nSPS) is 13.4. The Kier molecular flexibility index (Phi) is 6.78. The van der Waals surface area contributed by atoms with E-state index < -0.39 is 10.5 Å². The van der Waals surface area contributed by atoms with Gasteiger partial charge in [0.25, 0.3) is 11.2 Å². The van der Waals surface area contributed by atoms with Crippen LogP contribution in [0.15, 0.2) is 53.3 Å². The van der Waals surface area contributed by atoms with Crippen molar-refractivity contribution in [3.63, 3.8) is 0 Å². The van der Waals surface area contributed by atoms with Crippen LogP contribution in [0, 0.1) is 10.1 Å². The summed E-state index contributed by atoms with van der Waals surface area (Å²) >= 11 is 0. The van der Waals surface area contributed by atoms with Gasteiger partial charge in [0.2, 0.25) is 5.91 Å². The summed E-state index contributed by atoms with van der Waals surface area (Å²) in [5.74, 6) is 0.205. The van der Waals surface area contributed by atoms with Crippen LogP contribution in [-0.2, 0) is 9.53 Å². The molecular weight excluding hydrogens is 454 g/mol. The SMILES string of the molecule is COc1cccc(-c2cc(N(C)C(C)=O)c(=O)n(-c3cc(N4CCOCC4)ccc3[N+](=O)[O-])n2)c1. The summed E-state index contributed by atoms with van der Waals surface area (Å²) in [5.41, 5.74) is 0.771. The molecule has 0 N–H and O–H groups in total. The van der Waals surface area contributed by atoms with Crippen molar-refractivity contribution in [3.05, 3.63) is 69.0 Å². The number of morpholine rings is 1. The van der Waals surface area contributed by atoms with Crippen molar-refractivity contribution in [2.24, 2.45) is 0 Å². The zero-order valence-electron chi connectivity index (χ0n) is 19.6. The standard InChI is InChI=1S/C24H25N5O6/c1-16(30)26(2)23-15-20(17-5-4-6-19(13-17)34-3)25-28(24(23)31)22-14-18(7-8-21(22)29(32)33)27-9-11-35-12-10-27/h4-8,13-15H,9-12H2,1-3H3. The summed E-state index contributed by atoms with van der Waals surface area (Å²) in [5, 5.41) is 16.4. The van der Waals surface area contributed by atoms with Crippen LogP contribution in [0.25, 0.3) is 16.9 Å². The molecule has 11 nitrogen and oxygen atoms in total. The molecule has 1 amide bonds. The zero-order valence-corrected chi connectivity index (χ0v) is 19.6. The molecule has 0 unspecified atom stereocenters. The van der Waals surface area contributed by atoms with E-state index in [1.807, 2.05) is 4.90 Å². The second-order valence-electron chi connectivity index (χ2n) is 7.97. The molecule has 1 saturated heterocycles. The van der Waals surface area contributed by atoms with Crippen LogP contribution in [-0.4, -0.2) is 61.1 Å². The highest BCUT2D eigenvalue weighted by molar-refractivity contribution is 5.91. The van der Waals surface area contributed by atoms with E-state index in [4.69, 9.17) is 9.47 Å². The van der Waals surface area contributed by atoms with E-state index in [1.54, 1.807) is 36.4 Å². The van der Waals surface area contributed by atoms with Gasteiger partial charge in [-0.05, 0) is 30.3 Å². The van der Waals surface area contributed by atoms with Crippen LogP contribution in [0.2, 0.25) is 0 Å². The second-order valence-corrected chi connectivity index (χ2v) is 7.97. The molecule has 0 aliphatic carbocycles. The van der Waals surface area contributed by atoms with Crippen molar-refractivity contribution >= 4 is 23.0 Å². The third kappa shape index (κ3) is 4.85. The van der Waals surface area contributed by atoms with E-state index in [-0.39, 0.29) is 23.0 Å². The van der Waals surface area contributed by atoms with Gasteiger partial charge in [-0.2, -0.15) is 9.78 Å². The number of amides is 1. The number of carbonyl (C=O) groups is 1. The lowest BCUT2D eigenvalue weighted by molar-refractivity contribution is -0.384. The van der Waals surface area contributed by atoms with Crippen molar-refractivity contribution in [2.75, 3.05) is 50.3 Å². The first-order chi connectivity index (χ1) is 16.8. The molecule has 35 heavy (non-hydrogen) atoms. The quantitative estimate of drug-likeness (QED) is 0.391. The van der Waals surface area contributed by atoms with E-state index in [1.165, 1.54) is 38.1 Å². The Morgan fingerprint density at radius 2 is 1.91 bits per heavy atom. The number of aromatic nitrogens is 2. The minimum Gasteiger partial charge on any atom is -0.497 e. The molecule has 1 fully saturated rings. The minimum absolute atomic E-state index is 0.00643. The highest BCUT2D eigenvalue weighted by Gasteiger charge is 2.24. The van der Waals surface area contributed by atoms with Gasteiger partial charge < -0.3 is 19.3 Å². The van der Waals surface area contributed by atoms with E-state index in [2.05, 4.69) is 5.10 Å². The fourth-order valence-corrected chi connectivity index (χ4v) is 3.83. The summed E-state index contributed by atoms with van der Waals surface area (Å²) in [6.45, 7) is 3.62. The maximum absolute atomic E-state index is 13.5. The third-order valence-electron chi connectivity index (χ3n) is 5.85. The number of nitro groups is 1. The predicted molar refractivity (Wildman–Crippen MR) is 131 cm³/mol. The predicted octanol–water partition coefficient (Wildman–Crippen LogP) is 2.64. The first kappa shape index (κ1) is 23.9. The molecule has 0 radical (unpaired) electrons. The number of rotatable bonds is 6. The highest BCUT2D eigenvalue weighted by Crippen LogP contribution is 2.30. The highest BCUT2D eigenvalue weighted by atomic mass is 16.6. The molecule has 1 aromatic heterocycles. The van der Waals surface area contributed by atoms with Crippen molar-refractivity contribution in [2.45, 2.75) is 6.92 Å². The Hall–Kier alpha value is -4.25. The van der Waals surface area contributed by atoms with Crippen LogP contribution in [0.4, 0.5) is 17.1 Å². The summed E-state index contributed by atoms with van der Waals surface area (Å²) in [4.78, 5) is 40.2. The Morgan fingerprint density at radius 1 is 1.17 bits per heavy atom. The van der Waals surface area contributed by atoms with Crippen molar-refractivity contribution in [1.29, 1.82) is 0 Å². The van der Waals surface area contributed by atoms with Crippen molar-refractivity contribution in [1.82, 2.24) is 9.78 Å². The lowest BCUT2D eigenvalue weighted by Crippen LogP contribution is -2.36. The average molecular weight is 479 g/mol. The molecule has 0 atom stereocenters. The zero-order chi connectivity index (χ0) is 25.1. The molecule has 4 rings (SSSR count). The maximum Gasteiger partial charge on any atom is 0.295 e. The van der Waals surface area contributed by atoms with Crippen LogP contribution in [0.5, 0.6) is 5.75 Å². The van der Waals surface area contributed by atoms with Gasteiger partial charge in [-0.25, -0.2) is 0 Å². The Morgan fingerprint density at radius 3 is 2.57 bits per heavy atom. The number of nitrogens with zero attached hydrogens (tertiary/aromatic N) is 5. The number of hydrogen-bond acceptors (Lipinski definition) is 8. The average Bonchev–Trinajstić information content (AvgIpc) is 2.88. The summed E-state index contributed by atoms with van der Waals surface area (Å²) in [6, 6.07) is 13.1. The summed E-state index contributed by atoms with van der Waals surface area (Å²) in [6.07, 6.45) is 0. The molecule has 1 aliphatic rings.